The van der Waals surface area contributed by atoms with E-state index in [0.29, 0.717) is 6.54 Å². The van der Waals surface area contributed by atoms with Crippen LogP contribution in [0.15, 0.2) is 30.5 Å². The molecule has 5 nitrogen and oxygen atoms in total. The van der Waals surface area contributed by atoms with E-state index in [2.05, 4.69) is 10.4 Å². The monoisotopic (exact) mass is 313 g/mol. The number of hydrogen-bond donors (Lipinski definition) is 1. The van der Waals surface area contributed by atoms with Crippen molar-refractivity contribution in [1.82, 2.24) is 15.1 Å². The lowest BCUT2D eigenvalue weighted by atomic mass is 10.2. The molecule has 0 saturated heterocycles. The van der Waals surface area contributed by atoms with Crippen molar-refractivity contribution in [3.63, 3.8) is 0 Å². The number of rotatable bonds is 4. The Labute approximate surface area is 124 Å². The molecule has 2 aromatic rings. The van der Waals surface area contributed by atoms with E-state index in [0.717, 1.165) is 12.1 Å². The molecule has 1 N–H and O–H groups in total. The van der Waals surface area contributed by atoms with E-state index in [9.17, 15) is 18.0 Å². The Kier molecular flexibility index (Phi) is 4.39. The van der Waals surface area contributed by atoms with Gasteiger partial charge in [0.15, 0.2) is 11.4 Å². The molecular formula is C14H14F3N3O2. The van der Waals surface area contributed by atoms with Crippen LogP contribution in [0.4, 0.5) is 13.2 Å². The number of amides is 1. The van der Waals surface area contributed by atoms with Gasteiger partial charge in [0.2, 0.25) is 0 Å². The Balaban J connectivity index is 2.44. The molecule has 0 fully saturated rings. The number of methoxy groups -OCH3 is 1. The summed E-state index contributed by atoms with van der Waals surface area (Å²) in [5, 5.41) is 6.57. The molecule has 0 aliphatic carbocycles. The lowest BCUT2D eigenvalue weighted by Gasteiger charge is -2.08. The number of aromatic nitrogens is 2. The van der Waals surface area contributed by atoms with E-state index < -0.39 is 17.6 Å². The van der Waals surface area contributed by atoms with Crippen LogP contribution in [-0.4, -0.2) is 29.3 Å². The van der Waals surface area contributed by atoms with Gasteiger partial charge in [0, 0.05) is 6.54 Å². The van der Waals surface area contributed by atoms with Crippen LogP contribution in [0.25, 0.3) is 5.69 Å². The van der Waals surface area contributed by atoms with Crippen molar-refractivity contribution >= 4 is 5.91 Å². The molecule has 0 unspecified atom stereocenters. The van der Waals surface area contributed by atoms with Crippen LogP contribution >= 0.6 is 0 Å². The van der Waals surface area contributed by atoms with Gasteiger partial charge in [-0.1, -0.05) is 6.07 Å². The first-order valence-corrected chi connectivity index (χ1v) is 6.46. The standard InChI is InChI=1S/C14H14F3N3O2/c1-3-18-13(21)12-11(22-2)8-20(19-12)10-6-4-5-9(7-10)14(15,16)17/h4-8H,3H2,1-2H3,(H,18,21). The zero-order valence-corrected chi connectivity index (χ0v) is 11.9. The summed E-state index contributed by atoms with van der Waals surface area (Å²) in [5.74, 6) is -0.270. The predicted molar refractivity (Wildman–Crippen MR) is 73.1 cm³/mol. The molecular weight excluding hydrogens is 299 g/mol. The second-order valence-corrected chi connectivity index (χ2v) is 4.40. The summed E-state index contributed by atoms with van der Waals surface area (Å²) >= 11 is 0. The average molecular weight is 313 g/mol. The van der Waals surface area contributed by atoms with Crippen LogP contribution in [0.3, 0.4) is 0 Å². The Morgan fingerprint density at radius 2 is 2.14 bits per heavy atom. The minimum Gasteiger partial charge on any atom is -0.493 e. The van der Waals surface area contributed by atoms with Gasteiger partial charge in [-0.15, -0.1) is 0 Å². The minimum atomic E-state index is -4.45. The van der Waals surface area contributed by atoms with E-state index in [4.69, 9.17) is 4.74 Å². The van der Waals surface area contributed by atoms with Gasteiger partial charge in [-0.2, -0.15) is 18.3 Å². The van der Waals surface area contributed by atoms with Crippen LogP contribution in [0.2, 0.25) is 0 Å². The first-order valence-electron chi connectivity index (χ1n) is 6.46. The smallest absolute Gasteiger partial charge is 0.416 e. The molecule has 8 heteroatoms. The van der Waals surface area contributed by atoms with Gasteiger partial charge < -0.3 is 10.1 Å². The van der Waals surface area contributed by atoms with Crippen molar-refractivity contribution in [2.45, 2.75) is 13.1 Å². The van der Waals surface area contributed by atoms with Gasteiger partial charge in [-0.25, -0.2) is 4.68 Å². The highest BCUT2D eigenvalue weighted by Gasteiger charge is 2.30. The third-order valence-electron chi connectivity index (χ3n) is 2.89. The molecule has 1 aromatic heterocycles. The highest BCUT2D eigenvalue weighted by Crippen LogP contribution is 2.30. The number of nitrogens with one attached hydrogen (secondary N) is 1. The second-order valence-electron chi connectivity index (χ2n) is 4.40. The van der Waals surface area contributed by atoms with Crippen molar-refractivity contribution in [3.05, 3.63) is 41.7 Å². The van der Waals surface area contributed by atoms with Gasteiger partial charge in [0.1, 0.15) is 0 Å². The number of carbonyl (C=O) groups excluding carboxylic acids is 1. The number of halogens is 3. The molecule has 22 heavy (non-hydrogen) atoms. The highest BCUT2D eigenvalue weighted by atomic mass is 19.4. The topological polar surface area (TPSA) is 56.2 Å². The van der Waals surface area contributed by atoms with Crippen LogP contribution in [0, 0.1) is 0 Å². The van der Waals surface area contributed by atoms with Crippen molar-refractivity contribution in [1.29, 1.82) is 0 Å². The van der Waals surface area contributed by atoms with Crippen LogP contribution in [-0.2, 0) is 6.18 Å². The molecule has 0 bridgehead atoms. The largest absolute Gasteiger partial charge is 0.493 e. The van der Waals surface area contributed by atoms with E-state index in [1.807, 2.05) is 0 Å². The molecule has 1 amide bonds. The Morgan fingerprint density at radius 3 is 2.73 bits per heavy atom. The molecule has 0 aliphatic rings. The van der Waals surface area contributed by atoms with Crippen molar-refractivity contribution in [3.8, 4) is 11.4 Å². The van der Waals surface area contributed by atoms with Gasteiger partial charge in [0.05, 0.1) is 24.6 Å². The van der Waals surface area contributed by atoms with Gasteiger partial charge in [-0.05, 0) is 25.1 Å². The molecule has 1 aromatic carbocycles. The molecule has 0 atom stereocenters. The van der Waals surface area contributed by atoms with Crippen LogP contribution in [0.5, 0.6) is 5.75 Å². The molecule has 0 aliphatic heterocycles. The fourth-order valence-corrected chi connectivity index (χ4v) is 1.87. The van der Waals surface area contributed by atoms with Gasteiger partial charge in [-0.3, -0.25) is 4.79 Å². The van der Waals surface area contributed by atoms with E-state index in [1.165, 1.54) is 30.1 Å². The summed E-state index contributed by atoms with van der Waals surface area (Å²) < 4.78 is 44.5. The van der Waals surface area contributed by atoms with Crippen LogP contribution < -0.4 is 10.1 Å². The maximum Gasteiger partial charge on any atom is 0.416 e. The first kappa shape index (κ1) is 15.9. The van der Waals surface area contributed by atoms with Crippen LogP contribution in [0.1, 0.15) is 23.0 Å². The maximum atomic E-state index is 12.7. The molecule has 2 rings (SSSR count). The molecule has 0 saturated carbocycles. The van der Waals surface area contributed by atoms with Crippen molar-refractivity contribution in [2.75, 3.05) is 13.7 Å². The number of ether oxygens (including phenoxy) is 1. The normalized spacial score (nSPS) is 11.3. The number of alkyl halides is 3. The average Bonchev–Trinajstić information content (AvgIpc) is 2.91. The summed E-state index contributed by atoms with van der Waals surface area (Å²) in [6.07, 6.45) is -3.09. The van der Waals surface area contributed by atoms with Crippen molar-refractivity contribution in [2.24, 2.45) is 0 Å². The minimum absolute atomic E-state index is 0.0155. The lowest BCUT2D eigenvalue weighted by Crippen LogP contribution is -2.23. The molecule has 0 spiro atoms. The Hall–Kier alpha value is -2.51. The summed E-state index contributed by atoms with van der Waals surface area (Å²) in [5.41, 5.74) is -0.593. The zero-order valence-electron chi connectivity index (χ0n) is 11.9. The van der Waals surface area contributed by atoms with Gasteiger partial charge >= 0.3 is 6.18 Å². The summed E-state index contributed by atoms with van der Waals surface area (Å²) in [4.78, 5) is 11.8. The number of benzene rings is 1. The highest BCUT2D eigenvalue weighted by molar-refractivity contribution is 5.94. The van der Waals surface area contributed by atoms with E-state index in [1.54, 1.807) is 6.92 Å². The third kappa shape index (κ3) is 3.21. The third-order valence-corrected chi connectivity index (χ3v) is 2.89. The predicted octanol–water partition coefficient (Wildman–Crippen LogP) is 2.65. The number of carbonyl (C=O) groups is 1. The SMILES string of the molecule is CCNC(=O)c1nn(-c2cccc(C(F)(F)F)c2)cc1OC. The van der Waals surface area contributed by atoms with Gasteiger partial charge in [0.25, 0.3) is 5.91 Å². The Morgan fingerprint density at radius 1 is 1.41 bits per heavy atom. The van der Waals surface area contributed by atoms with E-state index in [-0.39, 0.29) is 17.1 Å². The summed E-state index contributed by atoms with van der Waals surface area (Å²) in [6, 6.07) is 4.66. The second kappa shape index (κ2) is 6.08. The van der Waals surface area contributed by atoms with E-state index >= 15 is 0 Å². The first-order chi connectivity index (χ1) is 10.4. The quantitative estimate of drug-likeness (QED) is 0.944. The maximum absolute atomic E-state index is 12.7. The molecule has 1 heterocycles. The molecule has 0 radical (unpaired) electrons. The fourth-order valence-electron chi connectivity index (χ4n) is 1.87. The Bertz CT molecular complexity index is 680. The number of hydrogen-bond acceptors (Lipinski definition) is 3. The van der Waals surface area contributed by atoms with Crippen molar-refractivity contribution < 1.29 is 22.7 Å². The lowest BCUT2D eigenvalue weighted by molar-refractivity contribution is -0.137. The zero-order chi connectivity index (χ0) is 16.3. The number of nitrogens with zero attached hydrogens (tertiary/aromatic N) is 2. The summed E-state index contributed by atoms with van der Waals surface area (Å²) in [7, 11) is 1.36. The summed E-state index contributed by atoms with van der Waals surface area (Å²) in [6.45, 7) is 2.15. The fraction of sp³-hybridized carbons (Fsp3) is 0.286. The molecule has 118 valence electrons.